The molecular weight excluding hydrogens is 416 g/mol. The predicted molar refractivity (Wildman–Crippen MR) is 123 cm³/mol. The van der Waals surface area contributed by atoms with Gasteiger partial charge in [-0.1, -0.05) is 6.07 Å². The molecule has 0 radical (unpaired) electrons. The minimum absolute atomic E-state index is 0.0554. The Morgan fingerprint density at radius 1 is 1.09 bits per heavy atom. The minimum Gasteiger partial charge on any atom is -0.361 e. The van der Waals surface area contributed by atoms with Crippen molar-refractivity contribution in [2.75, 3.05) is 26.2 Å². The van der Waals surface area contributed by atoms with E-state index in [0.29, 0.717) is 32.3 Å². The maximum absolute atomic E-state index is 14.0. The van der Waals surface area contributed by atoms with Gasteiger partial charge in [-0.2, -0.15) is 5.10 Å². The summed E-state index contributed by atoms with van der Waals surface area (Å²) in [5.74, 6) is -0.0288. The zero-order chi connectivity index (χ0) is 22.8. The molecule has 0 bridgehead atoms. The molecule has 33 heavy (non-hydrogen) atoms. The van der Waals surface area contributed by atoms with Crippen molar-refractivity contribution in [2.45, 2.75) is 44.5 Å². The van der Waals surface area contributed by atoms with Crippen molar-refractivity contribution in [3.8, 4) is 0 Å². The monoisotopic (exact) mass is 446 g/mol. The van der Waals surface area contributed by atoms with Gasteiger partial charge in [0.05, 0.1) is 12.8 Å². The molecule has 0 N–H and O–H groups in total. The zero-order valence-electron chi connectivity index (χ0n) is 19.2. The Balaban J connectivity index is 1.42. The molecule has 2 aliphatic rings. The number of rotatable bonds is 6. The molecule has 1 amide bonds. The number of nitrogens with zero attached hydrogens (tertiary/aromatic N) is 6. The lowest BCUT2D eigenvalue weighted by Crippen LogP contribution is -2.59. The van der Waals surface area contributed by atoms with Crippen LogP contribution in [0.1, 0.15) is 42.5 Å². The van der Waals surface area contributed by atoms with Crippen LogP contribution >= 0.6 is 0 Å². The Morgan fingerprint density at radius 3 is 2.67 bits per heavy atom. The lowest BCUT2D eigenvalue weighted by atomic mass is 9.83. The molecule has 5 heterocycles. The van der Waals surface area contributed by atoms with Gasteiger partial charge in [-0.05, 0) is 43.2 Å². The first kappa shape index (κ1) is 21.7. The van der Waals surface area contributed by atoms with Gasteiger partial charge in [0.2, 0.25) is 0 Å². The summed E-state index contributed by atoms with van der Waals surface area (Å²) in [7, 11) is 0. The third-order valence-electron chi connectivity index (χ3n) is 6.63. The van der Waals surface area contributed by atoms with Gasteiger partial charge in [-0.25, -0.2) is 0 Å². The summed E-state index contributed by atoms with van der Waals surface area (Å²) in [5, 5.41) is 4.48. The van der Waals surface area contributed by atoms with E-state index in [2.05, 4.69) is 46.1 Å². The van der Waals surface area contributed by atoms with Crippen molar-refractivity contribution in [2.24, 2.45) is 0 Å². The fraction of sp³-hybridized carbons (Fsp3) is 0.440. The molecule has 0 saturated carbocycles. The molecule has 0 aromatic carbocycles. The lowest BCUT2D eigenvalue weighted by molar-refractivity contribution is -0.173. The Bertz CT molecular complexity index is 1090. The Morgan fingerprint density at radius 2 is 1.94 bits per heavy atom. The van der Waals surface area contributed by atoms with Crippen LogP contribution in [0.3, 0.4) is 0 Å². The third kappa shape index (κ3) is 4.28. The summed E-state index contributed by atoms with van der Waals surface area (Å²) in [6, 6.07) is 8.22. The summed E-state index contributed by atoms with van der Waals surface area (Å²) in [4.78, 5) is 26.6. The van der Waals surface area contributed by atoms with Crippen LogP contribution in [0.2, 0.25) is 0 Å². The summed E-state index contributed by atoms with van der Waals surface area (Å²) < 4.78 is 8.36. The number of ether oxygens (including phenoxy) is 1. The number of carbonyl (C=O) groups is 1. The summed E-state index contributed by atoms with van der Waals surface area (Å²) in [5.41, 5.74) is 2.34. The average Bonchev–Trinajstić information content (AvgIpc) is 3.44. The number of hydrogen-bond donors (Lipinski definition) is 0. The van der Waals surface area contributed by atoms with E-state index in [1.54, 1.807) is 18.6 Å². The standard InChI is InChI=1S/C25H30N6O2/c1-19(2)31-16-21(12-28-31)14-29-17-23(22-4-3-7-27-13-22)25(18-29)24(32)30(10-11-33-25)15-20-5-8-26-9-6-20/h3-9,12-13,16,19,23H,10-11,14-15,17-18H2,1-2H3/t23-,25-/m1/s1. The number of hydrogen-bond acceptors (Lipinski definition) is 6. The van der Waals surface area contributed by atoms with Gasteiger partial charge in [-0.3, -0.25) is 24.3 Å². The van der Waals surface area contributed by atoms with E-state index >= 15 is 0 Å². The van der Waals surface area contributed by atoms with Crippen LogP contribution < -0.4 is 0 Å². The fourth-order valence-electron chi connectivity index (χ4n) is 4.98. The molecular formula is C25H30N6O2. The van der Waals surface area contributed by atoms with E-state index in [0.717, 1.165) is 29.8 Å². The quantitative estimate of drug-likeness (QED) is 0.580. The highest BCUT2D eigenvalue weighted by Gasteiger charge is 2.57. The van der Waals surface area contributed by atoms with Crippen LogP contribution in [-0.2, 0) is 22.6 Å². The van der Waals surface area contributed by atoms with E-state index in [9.17, 15) is 4.79 Å². The molecule has 3 aromatic rings. The fourth-order valence-corrected chi connectivity index (χ4v) is 4.98. The topological polar surface area (TPSA) is 76.4 Å². The molecule has 0 unspecified atom stereocenters. The number of carbonyl (C=O) groups excluding carboxylic acids is 1. The van der Waals surface area contributed by atoms with Gasteiger partial charge in [-0.15, -0.1) is 0 Å². The highest BCUT2D eigenvalue weighted by molar-refractivity contribution is 5.88. The first-order valence-corrected chi connectivity index (χ1v) is 11.5. The molecule has 2 atom stereocenters. The molecule has 5 rings (SSSR count). The van der Waals surface area contributed by atoms with E-state index < -0.39 is 5.60 Å². The largest absolute Gasteiger partial charge is 0.361 e. The number of likely N-dealkylation sites (tertiary alicyclic amines) is 1. The van der Waals surface area contributed by atoms with E-state index in [1.807, 2.05) is 40.2 Å². The van der Waals surface area contributed by atoms with Crippen LogP contribution in [-0.4, -0.2) is 67.3 Å². The smallest absolute Gasteiger partial charge is 0.257 e. The number of pyridine rings is 2. The first-order valence-electron chi connectivity index (χ1n) is 11.5. The van der Waals surface area contributed by atoms with Gasteiger partial charge < -0.3 is 9.64 Å². The van der Waals surface area contributed by atoms with Gasteiger partial charge >= 0.3 is 0 Å². The van der Waals surface area contributed by atoms with Crippen LogP contribution in [0.15, 0.2) is 61.4 Å². The molecule has 2 aliphatic heterocycles. The van der Waals surface area contributed by atoms with Crippen LogP contribution in [0.4, 0.5) is 0 Å². The molecule has 2 fully saturated rings. The summed E-state index contributed by atoms with van der Waals surface area (Å²) in [6.07, 6.45) is 11.2. The minimum atomic E-state index is -0.914. The van der Waals surface area contributed by atoms with Gasteiger partial charge in [0.25, 0.3) is 5.91 Å². The van der Waals surface area contributed by atoms with Crippen molar-refractivity contribution in [1.82, 2.24) is 29.5 Å². The number of amides is 1. The second kappa shape index (κ2) is 9.03. The predicted octanol–water partition coefficient (Wildman–Crippen LogP) is 2.65. The molecule has 8 heteroatoms. The van der Waals surface area contributed by atoms with Crippen LogP contribution in [0.5, 0.6) is 0 Å². The number of aromatic nitrogens is 4. The zero-order valence-corrected chi connectivity index (χ0v) is 19.2. The van der Waals surface area contributed by atoms with Crippen molar-refractivity contribution in [3.05, 3.63) is 78.1 Å². The van der Waals surface area contributed by atoms with Gasteiger partial charge in [0, 0.05) is 81.2 Å². The van der Waals surface area contributed by atoms with Crippen molar-refractivity contribution in [1.29, 1.82) is 0 Å². The third-order valence-corrected chi connectivity index (χ3v) is 6.63. The van der Waals surface area contributed by atoms with Gasteiger partial charge in [0.1, 0.15) is 0 Å². The van der Waals surface area contributed by atoms with Crippen LogP contribution in [0.25, 0.3) is 0 Å². The number of morpholine rings is 1. The normalized spacial score (nSPS) is 23.7. The average molecular weight is 447 g/mol. The Hall–Kier alpha value is -3.10. The Kier molecular flexibility index (Phi) is 5.95. The molecule has 2 saturated heterocycles. The maximum Gasteiger partial charge on any atom is 0.257 e. The van der Waals surface area contributed by atoms with Crippen LogP contribution in [0, 0.1) is 0 Å². The van der Waals surface area contributed by atoms with E-state index in [1.165, 1.54) is 0 Å². The van der Waals surface area contributed by atoms with Gasteiger partial charge in [0.15, 0.2) is 5.60 Å². The van der Waals surface area contributed by atoms with Crippen molar-refractivity contribution >= 4 is 5.91 Å². The highest BCUT2D eigenvalue weighted by atomic mass is 16.5. The second-order valence-electron chi connectivity index (χ2n) is 9.25. The molecule has 0 aliphatic carbocycles. The lowest BCUT2D eigenvalue weighted by Gasteiger charge is -2.42. The summed E-state index contributed by atoms with van der Waals surface area (Å²) in [6.45, 7) is 7.91. The van der Waals surface area contributed by atoms with Crippen molar-refractivity contribution < 1.29 is 9.53 Å². The van der Waals surface area contributed by atoms with E-state index in [-0.39, 0.29) is 11.8 Å². The Labute approximate surface area is 194 Å². The second-order valence-corrected chi connectivity index (χ2v) is 9.25. The molecule has 8 nitrogen and oxygen atoms in total. The SMILES string of the molecule is CC(C)n1cc(CN2C[C@H](c3cccnc3)[C@@]3(C2)OCCN(Cc2ccncc2)C3=O)cn1. The first-order chi connectivity index (χ1) is 16.0. The highest BCUT2D eigenvalue weighted by Crippen LogP contribution is 2.42. The molecule has 3 aromatic heterocycles. The van der Waals surface area contributed by atoms with E-state index in [4.69, 9.17) is 4.74 Å². The summed E-state index contributed by atoms with van der Waals surface area (Å²) >= 11 is 0. The maximum atomic E-state index is 14.0. The van der Waals surface area contributed by atoms with Crippen molar-refractivity contribution in [3.63, 3.8) is 0 Å². The molecule has 1 spiro atoms. The molecule has 172 valence electrons.